The predicted octanol–water partition coefficient (Wildman–Crippen LogP) is 3.79. The fourth-order valence-corrected chi connectivity index (χ4v) is 4.80. The molecule has 2 aliphatic heterocycles. The summed E-state index contributed by atoms with van der Waals surface area (Å²) in [4.78, 5) is 7.40. The summed E-state index contributed by atoms with van der Waals surface area (Å²) in [5.74, 6) is 0.889. The van der Waals surface area contributed by atoms with Gasteiger partial charge in [0.1, 0.15) is 5.75 Å². The van der Waals surface area contributed by atoms with Crippen molar-refractivity contribution >= 4 is 11.4 Å². The third kappa shape index (κ3) is 5.73. The summed E-state index contributed by atoms with van der Waals surface area (Å²) < 4.78 is 5.27. The maximum absolute atomic E-state index is 9.63. The first-order chi connectivity index (χ1) is 15.6. The molecule has 2 fully saturated rings. The van der Waals surface area contributed by atoms with Crippen LogP contribution in [0.2, 0.25) is 0 Å². The number of ether oxygens (including phenoxy) is 1. The van der Waals surface area contributed by atoms with Crippen molar-refractivity contribution in [3.63, 3.8) is 0 Å². The van der Waals surface area contributed by atoms with Crippen LogP contribution in [0.3, 0.4) is 0 Å². The van der Waals surface area contributed by atoms with E-state index in [2.05, 4.69) is 51.2 Å². The Morgan fingerprint density at radius 2 is 1.69 bits per heavy atom. The number of nitrogens with zero attached hydrogens (tertiary/aromatic N) is 4. The quantitative estimate of drug-likeness (QED) is 0.684. The van der Waals surface area contributed by atoms with Crippen molar-refractivity contribution in [2.45, 2.75) is 32.4 Å². The molecule has 2 saturated heterocycles. The van der Waals surface area contributed by atoms with Crippen molar-refractivity contribution in [2.75, 3.05) is 63.1 Å². The lowest BCUT2D eigenvalue weighted by Gasteiger charge is -2.36. The molecule has 0 aliphatic carbocycles. The minimum atomic E-state index is 0.391. The molecule has 1 unspecified atom stereocenters. The Hall–Kier alpha value is -2.75. The summed E-state index contributed by atoms with van der Waals surface area (Å²) in [7, 11) is 1.70. The number of rotatable bonds is 8. The fourth-order valence-electron chi connectivity index (χ4n) is 4.80. The first-order valence-corrected chi connectivity index (χ1v) is 11.8. The van der Waals surface area contributed by atoms with Gasteiger partial charge in [-0.25, -0.2) is 0 Å². The molecule has 0 bridgehead atoms. The van der Waals surface area contributed by atoms with Crippen LogP contribution in [-0.2, 0) is 6.54 Å². The standard InChI is InChI=1S/C26H35N5O/c1-21(19-29-11-3-4-12-29)28-24-6-5-22(18-27)23(17-24)20-30-13-15-31(16-14-30)25-7-9-26(32-2)10-8-25/h5-10,17,21,28H,3-4,11-16,19-20H2,1-2H3. The molecule has 1 atom stereocenters. The van der Waals surface area contributed by atoms with Crippen LogP contribution in [0.4, 0.5) is 11.4 Å². The second-order valence-corrected chi connectivity index (χ2v) is 9.00. The Labute approximate surface area is 192 Å². The fraction of sp³-hybridized carbons (Fsp3) is 0.500. The minimum absolute atomic E-state index is 0.391. The molecule has 170 valence electrons. The number of benzene rings is 2. The lowest BCUT2D eigenvalue weighted by molar-refractivity contribution is 0.249. The van der Waals surface area contributed by atoms with Crippen molar-refractivity contribution in [1.82, 2.24) is 9.80 Å². The van der Waals surface area contributed by atoms with Gasteiger partial charge in [-0.1, -0.05) is 0 Å². The van der Waals surface area contributed by atoms with E-state index in [1.54, 1.807) is 7.11 Å². The van der Waals surface area contributed by atoms with Crippen LogP contribution >= 0.6 is 0 Å². The molecule has 0 spiro atoms. The second-order valence-electron chi connectivity index (χ2n) is 9.00. The third-order valence-corrected chi connectivity index (χ3v) is 6.57. The highest BCUT2D eigenvalue weighted by molar-refractivity contribution is 5.53. The van der Waals surface area contributed by atoms with Crippen LogP contribution in [0.25, 0.3) is 0 Å². The van der Waals surface area contributed by atoms with E-state index in [0.29, 0.717) is 6.04 Å². The molecule has 2 heterocycles. The molecular weight excluding hydrogens is 398 g/mol. The molecule has 2 aromatic rings. The van der Waals surface area contributed by atoms with Crippen molar-refractivity contribution in [3.8, 4) is 11.8 Å². The van der Waals surface area contributed by atoms with Gasteiger partial charge in [0.15, 0.2) is 0 Å². The van der Waals surface area contributed by atoms with Gasteiger partial charge in [-0.2, -0.15) is 5.26 Å². The van der Waals surface area contributed by atoms with Crippen LogP contribution in [0.15, 0.2) is 42.5 Å². The Balaban J connectivity index is 1.33. The molecule has 0 aromatic heterocycles. The molecule has 1 N–H and O–H groups in total. The van der Waals surface area contributed by atoms with E-state index >= 15 is 0 Å². The van der Waals surface area contributed by atoms with Crippen LogP contribution in [0, 0.1) is 11.3 Å². The topological polar surface area (TPSA) is 54.8 Å². The monoisotopic (exact) mass is 433 g/mol. The van der Waals surface area contributed by atoms with Gasteiger partial charge in [0.05, 0.1) is 18.7 Å². The van der Waals surface area contributed by atoms with E-state index < -0.39 is 0 Å². The normalized spacial score (nSPS) is 18.3. The SMILES string of the molecule is COc1ccc(N2CCN(Cc3cc(NC(C)CN4CCCC4)ccc3C#N)CC2)cc1. The third-order valence-electron chi connectivity index (χ3n) is 6.57. The second kappa shape index (κ2) is 10.7. The number of hydrogen-bond acceptors (Lipinski definition) is 6. The van der Waals surface area contributed by atoms with Crippen LogP contribution in [0.1, 0.15) is 30.9 Å². The van der Waals surface area contributed by atoms with Gasteiger partial charge in [-0.15, -0.1) is 0 Å². The number of nitriles is 1. The number of methoxy groups -OCH3 is 1. The van der Waals surface area contributed by atoms with E-state index in [9.17, 15) is 5.26 Å². The van der Waals surface area contributed by atoms with E-state index in [1.807, 2.05) is 24.3 Å². The highest BCUT2D eigenvalue weighted by Gasteiger charge is 2.19. The number of anilines is 2. The van der Waals surface area contributed by atoms with E-state index in [-0.39, 0.29) is 0 Å². The van der Waals surface area contributed by atoms with E-state index in [0.717, 1.165) is 61.8 Å². The average molecular weight is 434 g/mol. The van der Waals surface area contributed by atoms with Crippen molar-refractivity contribution in [3.05, 3.63) is 53.6 Å². The number of likely N-dealkylation sites (tertiary alicyclic amines) is 1. The molecular formula is C26H35N5O. The van der Waals surface area contributed by atoms with Gasteiger partial charge in [0.25, 0.3) is 0 Å². The molecule has 0 saturated carbocycles. The Morgan fingerprint density at radius 3 is 2.34 bits per heavy atom. The zero-order valence-electron chi connectivity index (χ0n) is 19.4. The smallest absolute Gasteiger partial charge is 0.119 e. The molecule has 0 radical (unpaired) electrons. The predicted molar refractivity (Wildman–Crippen MR) is 130 cm³/mol. The van der Waals surface area contributed by atoms with Crippen LogP contribution in [0.5, 0.6) is 5.75 Å². The molecule has 2 aliphatic rings. The largest absolute Gasteiger partial charge is 0.497 e. The summed E-state index contributed by atoms with van der Waals surface area (Å²) in [6.45, 7) is 10.5. The van der Waals surface area contributed by atoms with Crippen molar-refractivity contribution < 1.29 is 4.74 Å². The molecule has 6 nitrogen and oxygen atoms in total. The van der Waals surface area contributed by atoms with Crippen molar-refractivity contribution in [1.29, 1.82) is 5.26 Å². The molecule has 6 heteroatoms. The highest BCUT2D eigenvalue weighted by Crippen LogP contribution is 2.23. The first kappa shape index (κ1) is 22.4. The van der Waals surface area contributed by atoms with Crippen LogP contribution in [-0.4, -0.2) is 68.8 Å². The summed E-state index contributed by atoms with van der Waals surface area (Å²) in [5, 5.41) is 13.3. The maximum atomic E-state index is 9.63. The number of nitrogens with one attached hydrogen (secondary N) is 1. The van der Waals surface area contributed by atoms with E-state index in [1.165, 1.54) is 31.6 Å². The van der Waals surface area contributed by atoms with Gasteiger partial charge in [0.2, 0.25) is 0 Å². The Morgan fingerprint density at radius 1 is 0.969 bits per heavy atom. The lowest BCUT2D eigenvalue weighted by atomic mass is 10.1. The van der Waals surface area contributed by atoms with E-state index in [4.69, 9.17) is 4.74 Å². The lowest BCUT2D eigenvalue weighted by Crippen LogP contribution is -2.46. The van der Waals surface area contributed by atoms with Gasteiger partial charge in [0, 0.05) is 56.7 Å². The first-order valence-electron chi connectivity index (χ1n) is 11.8. The summed E-state index contributed by atoms with van der Waals surface area (Å²) in [6, 6.07) is 17.3. The summed E-state index contributed by atoms with van der Waals surface area (Å²) in [6.07, 6.45) is 2.64. The Kier molecular flexibility index (Phi) is 7.51. The molecule has 32 heavy (non-hydrogen) atoms. The van der Waals surface area contributed by atoms with Crippen LogP contribution < -0.4 is 15.0 Å². The van der Waals surface area contributed by atoms with Gasteiger partial charge in [-0.3, -0.25) is 4.90 Å². The zero-order valence-corrected chi connectivity index (χ0v) is 19.4. The number of piperazine rings is 1. The van der Waals surface area contributed by atoms with Gasteiger partial charge >= 0.3 is 0 Å². The van der Waals surface area contributed by atoms with Crippen molar-refractivity contribution in [2.24, 2.45) is 0 Å². The average Bonchev–Trinajstić information content (AvgIpc) is 3.33. The van der Waals surface area contributed by atoms with Gasteiger partial charge in [-0.05, 0) is 80.9 Å². The Bertz CT molecular complexity index is 909. The van der Waals surface area contributed by atoms with Gasteiger partial charge < -0.3 is 19.9 Å². The minimum Gasteiger partial charge on any atom is -0.497 e. The number of hydrogen-bond donors (Lipinski definition) is 1. The maximum Gasteiger partial charge on any atom is 0.119 e. The summed E-state index contributed by atoms with van der Waals surface area (Å²) >= 11 is 0. The molecule has 2 aromatic carbocycles. The highest BCUT2D eigenvalue weighted by atomic mass is 16.5. The summed E-state index contributed by atoms with van der Waals surface area (Å²) in [5.41, 5.74) is 4.24. The molecule has 0 amide bonds. The molecule has 4 rings (SSSR count). The zero-order chi connectivity index (χ0) is 22.3.